The maximum Gasteiger partial charge on any atom is 0.0521 e. The third-order valence-electron chi connectivity index (χ3n) is 2.07. The van der Waals surface area contributed by atoms with Crippen molar-refractivity contribution in [2.24, 2.45) is 5.73 Å². The Balaban J connectivity index is 2.64. The van der Waals surface area contributed by atoms with E-state index in [-0.39, 0.29) is 6.61 Å². The molecule has 3 heteroatoms. The van der Waals surface area contributed by atoms with E-state index in [1.807, 2.05) is 0 Å². The quantitative estimate of drug-likeness (QED) is 0.779. The number of aliphatic hydroxyl groups excluding tert-OH is 1. The highest BCUT2D eigenvalue weighted by Gasteiger charge is 2.08. The zero-order chi connectivity index (χ0) is 10.4. The van der Waals surface area contributed by atoms with E-state index >= 15 is 0 Å². The predicted octanol–water partition coefficient (Wildman–Crippen LogP) is 1.72. The number of aryl methyl sites for hydroxylation is 1. The van der Waals surface area contributed by atoms with Gasteiger partial charge in [-0.25, -0.2) is 0 Å². The van der Waals surface area contributed by atoms with Gasteiger partial charge in [0.05, 0.1) is 6.61 Å². The summed E-state index contributed by atoms with van der Waals surface area (Å²) in [6, 6.07) is 8.41. The van der Waals surface area contributed by atoms with Crippen molar-refractivity contribution in [2.75, 3.05) is 18.9 Å². The molecular weight excluding hydrogens is 194 g/mol. The fourth-order valence-electron chi connectivity index (χ4n) is 1.28. The van der Waals surface area contributed by atoms with Crippen LogP contribution in [0.25, 0.3) is 0 Å². The van der Waals surface area contributed by atoms with Crippen LogP contribution in [0.2, 0.25) is 0 Å². The van der Waals surface area contributed by atoms with Gasteiger partial charge in [-0.2, -0.15) is 11.8 Å². The molecule has 0 aliphatic rings. The first kappa shape index (κ1) is 11.6. The van der Waals surface area contributed by atoms with Gasteiger partial charge < -0.3 is 10.8 Å². The van der Waals surface area contributed by atoms with Gasteiger partial charge in [0, 0.05) is 17.5 Å². The second-order valence-corrected chi connectivity index (χ2v) is 4.54. The molecule has 1 rings (SSSR count). The van der Waals surface area contributed by atoms with Crippen LogP contribution >= 0.6 is 11.8 Å². The largest absolute Gasteiger partial charge is 0.396 e. The molecule has 0 saturated carbocycles. The highest BCUT2D eigenvalue weighted by atomic mass is 32.2. The van der Waals surface area contributed by atoms with E-state index in [1.165, 1.54) is 11.1 Å². The second-order valence-electron chi connectivity index (χ2n) is 3.23. The molecule has 1 aromatic carbocycles. The Morgan fingerprint density at radius 2 is 2.00 bits per heavy atom. The van der Waals surface area contributed by atoms with Crippen LogP contribution in [0.15, 0.2) is 24.3 Å². The molecule has 2 nitrogen and oxygen atoms in total. The third kappa shape index (κ3) is 3.33. The van der Waals surface area contributed by atoms with Gasteiger partial charge in [-0.05, 0) is 12.5 Å². The lowest BCUT2D eigenvalue weighted by atomic mass is 10.1. The Hall–Kier alpha value is -0.510. The van der Waals surface area contributed by atoms with Crippen LogP contribution in [0.1, 0.15) is 16.4 Å². The lowest BCUT2D eigenvalue weighted by Crippen LogP contribution is -2.10. The molecule has 0 bridgehead atoms. The molecular formula is C11H17NOS. The minimum absolute atomic E-state index is 0.215. The van der Waals surface area contributed by atoms with Gasteiger partial charge >= 0.3 is 0 Å². The summed E-state index contributed by atoms with van der Waals surface area (Å²) in [5, 5.41) is 9.05. The van der Waals surface area contributed by atoms with Crippen molar-refractivity contribution in [2.45, 2.75) is 12.2 Å². The molecule has 1 aromatic rings. The maximum absolute atomic E-state index is 8.74. The summed E-state index contributed by atoms with van der Waals surface area (Å²) < 4.78 is 0. The smallest absolute Gasteiger partial charge is 0.0521 e. The van der Waals surface area contributed by atoms with Crippen LogP contribution in [0.3, 0.4) is 0 Å². The first-order valence-corrected chi connectivity index (χ1v) is 5.82. The number of hydrogen-bond donors (Lipinski definition) is 2. The highest BCUT2D eigenvalue weighted by Crippen LogP contribution is 2.27. The molecule has 0 saturated heterocycles. The molecule has 0 aliphatic carbocycles. The van der Waals surface area contributed by atoms with Crippen LogP contribution in [0, 0.1) is 6.92 Å². The summed E-state index contributed by atoms with van der Waals surface area (Å²) in [7, 11) is 0. The minimum Gasteiger partial charge on any atom is -0.396 e. The SMILES string of the molecule is Cc1ccc(C(CN)SCCO)cc1. The van der Waals surface area contributed by atoms with Gasteiger partial charge in [0.15, 0.2) is 0 Å². The highest BCUT2D eigenvalue weighted by molar-refractivity contribution is 7.99. The number of rotatable bonds is 5. The standard InChI is InChI=1S/C11H17NOS/c1-9-2-4-10(5-3-9)11(8-12)14-7-6-13/h2-5,11,13H,6-8,12H2,1H3. The number of hydrogen-bond acceptors (Lipinski definition) is 3. The molecule has 0 amide bonds. The van der Waals surface area contributed by atoms with E-state index in [0.717, 1.165) is 5.75 Å². The third-order valence-corrected chi connectivity index (χ3v) is 3.36. The predicted molar refractivity (Wildman–Crippen MR) is 62.5 cm³/mol. The van der Waals surface area contributed by atoms with E-state index in [4.69, 9.17) is 10.8 Å². The second kappa shape index (κ2) is 6.06. The van der Waals surface area contributed by atoms with Crippen molar-refractivity contribution in [3.8, 4) is 0 Å². The van der Waals surface area contributed by atoms with E-state index in [0.29, 0.717) is 11.8 Å². The molecule has 0 heterocycles. The monoisotopic (exact) mass is 211 g/mol. The van der Waals surface area contributed by atoms with Crippen LogP contribution in [-0.2, 0) is 0 Å². The zero-order valence-electron chi connectivity index (χ0n) is 8.44. The van der Waals surface area contributed by atoms with Crippen LogP contribution in [0.5, 0.6) is 0 Å². The molecule has 3 N–H and O–H groups in total. The van der Waals surface area contributed by atoms with Crippen LogP contribution in [0.4, 0.5) is 0 Å². The molecule has 0 radical (unpaired) electrons. The summed E-state index contributed by atoms with van der Waals surface area (Å²) in [5.41, 5.74) is 8.19. The molecule has 0 aromatic heterocycles. The van der Waals surface area contributed by atoms with Crippen molar-refractivity contribution >= 4 is 11.8 Å². The van der Waals surface area contributed by atoms with Gasteiger partial charge in [0.1, 0.15) is 0 Å². The van der Waals surface area contributed by atoms with Crippen molar-refractivity contribution < 1.29 is 5.11 Å². The Labute approximate surface area is 89.5 Å². The number of aliphatic hydroxyl groups is 1. The summed E-state index contributed by atoms with van der Waals surface area (Å²) >= 11 is 1.71. The molecule has 1 atom stereocenters. The lowest BCUT2D eigenvalue weighted by Gasteiger charge is -2.14. The maximum atomic E-state index is 8.74. The lowest BCUT2D eigenvalue weighted by molar-refractivity contribution is 0.322. The van der Waals surface area contributed by atoms with Crippen LogP contribution in [-0.4, -0.2) is 24.0 Å². The normalized spacial score (nSPS) is 12.8. The summed E-state index contributed by atoms with van der Waals surface area (Å²) in [4.78, 5) is 0. The summed E-state index contributed by atoms with van der Waals surface area (Å²) in [6.45, 7) is 2.91. The number of nitrogens with two attached hydrogens (primary N) is 1. The van der Waals surface area contributed by atoms with Crippen LogP contribution < -0.4 is 5.73 Å². The molecule has 0 aliphatic heterocycles. The van der Waals surface area contributed by atoms with Gasteiger partial charge in [0.25, 0.3) is 0 Å². The molecule has 0 fully saturated rings. The van der Waals surface area contributed by atoms with E-state index in [1.54, 1.807) is 11.8 Å². The summed E-state index contributed by atoms with van der Waals surface area (Å²) in [6.07, 6.45) is 0. The van der Waals surface area contributed by atoms with Crippen molar-refractivity contribution in [3.63, 3.8) is 0 Å². The minimum atomic E-state index is 0.215. The van der Waals surface area contributed by atoms with E-state index in [2.05, 4.69) is 31.2 Å². The fraction of sp³-hybridized carbons (Fsp3) is 0.455. The van der Waals surface area contributed by atoms with Gasteiger partial charge in [0.2, 0.25) is 0 Å². The zero-order valence-corrected chi connectivity index (χ0v) is 9.26. The summed E-state index contributed by atoms with van der Waals surface area (Å²) in [5.74, 6) is 0.746. The van der Waals surface area contributed by atoms with E-state index < -0.39 is 0 Å². The first-order valence-electron chi connectivity index (χ1n) is 4.77. The van der Waals surface area contributed by atoms with E-state index in [9.17, 15) is 0 Å². The molecule has 0 spiro atoms. The first-order chi connectivity index (χ1) is 6.77. The van der Waals surface area contributed by atoms with Gasteiger partial charge in [-0.3, -0.25) is 0 Å². The van der Waals surface area contributed by atoms with Crippen molar-refractivity contribution in [3.05, 3.63) is 35.4 Å². The van der Waals surface area contributed by atoms with Crippen molar-refractivity contribution in [1.29, 1.82) is 0 Å². The molecule has 1 unspecified atom stereocenters. The Bertz CT molecular complexity index is 260. The molecule has 14 heavy (non-hydrogen) atoms. The fourth-order valence-corrected chi connectivity index (χ4v) is 2.15. The Morgan fingerprint density at radius 3 is 2.50 bits per heavy atom. The average molecular weight is 211 g/mol. The van der Waals surface area contributed by atoms with Crippen molar-refractivity contribution in [1.82, 2.24) is 0 Å². The number of benzene rings is 1. The Morgan fingerprint density at radius 1 is 1.36 bits per heavy atom. The topological polar surface area (TPSA) is 46.2 Å². The Kier molecular flexibility index (Phi) is 5.01. The number of thioether (sulfide) groups is 1. The van der Waals surface area contributed by atoms with Gasteiger partial charge in [-0.1, -0.05) is 29.8 Å². The average Bonchev–Trinajstić information content (AvgIpc) is 2.21. The van der Waals surface area contributed by atoms with Gasteiger partial charge in [-0.15, -0.1) is 0 Å². The molecule has 78 valence electrons.